The van der Waals surface area contributed by atoms with Crippen LogP contribution in [0.5, 0.6) is 0 Å². The lowest BCUT2D eigenvalue weighted by molar-refractivity contribution is -0.239. The molecular formula is C42H44O8. The highest BCUT2D eigenvalue weighted by Gasteiger charge is 2.49. The fourth-order valence-corrected chi connectivity index (χ4v) is 5.53. The fraction of sp³-hybridized carbons (Fsp3) is 0.262. The molecule has 0 saturated heterocycles. The molecule has 0 bridgehead atoms. The van der Waals surface area contributed by atoms with Crippen LogP contribution in [0, 0.1) is 0 Å². The van der Waals surface area contributed by atoms with E-state index in [1.165, 1.54) is 0 Å². The molecule has 5 aromatic carbocycles. The summed E-state index contributed by atoms with van der Waals surface area (Å²) in [7, 11) is 0. The van der Waals surface area contributed by atoms with Crippen LogP contribution in [0.15, 0.2) is 152 Å². The number of benzene rings is 5. The number of carbonyl (C=O) groups is 1. The van der Waals surface area contributed by atoms with Crippen LogP contribution in [0.3, 0.4) is 0 Å². The lowest BCUT2D eigenvalue weighted by atomic mass is 9.90. The van der Waals surface area contributed by atoms with Crippen LogP contribution in [0.2, 0.25) is 0 Å². The Bertz CT molecular complexity index is 1610. The summed E-state index contributed by atoms with van der Waals surface area (Å²) >= 11 is 0. The lowest BCUT2D eigenvalue weighted by Gasteiger charge is -2.41. The first-order valence-electron chi connectivity index (χ1n) is 16.7. The Hall–Kier alpha value is -4.67. The van der Waals surface area contributed by atoms with Crippen molar-refractivity contribution >= 4 is 5.97 Å². The molecule has 5 rings (SSSR count). The molecule has 5 aromatic rings. The average molecular weight is 677 g/mol. The summed E-state index contributed by atoms with van der Waals surface area (Å²) in [5.74, 6) is -1.26. The van der Waals surface area contributed by atoms with Crippen molar-refractivity contribution in [2.75, 3.05) is 13.2 Å². The third-order valence-electron chi connectivity index (χ3n) is 8.13. The molecule has 8 nitrogen and oxygen atoms in total. The minimum atomic E-state index is -1.89. The van der Waals surface area contributed by atoms with E-state index in [2.05, 4.69) is 0 Å². The van der Waals surface area contributed by atoms with Gasteiger partial charge >= 0.3 is 5.97 Å². The topological polar surface area (TPSA) is 104 Å². The Morgan fingerprint density at radius 2 is 0.800 bits per heavy atom. The van der Waals surface area contributed by atoms with Crippen LogP contribution >= 0.6 is 0 Å². The van der Waals surface area contributed by atoms with E-state index in [1.54, 1.807) is 0 Å². The van der Waals surface area contributed by atoms with Crippen molar-refractivity contribution in [3.8, 4) is 0 Å². The van der Waals surface area contributed by atoms with E-state index in [0.717, 1.165) is 27.8 Å². The van der Waals surface area contributed by atoms with E-state index >= 15 is 0 Å². The summed E-state index contributed by atoms with van der Waals surface area (Å²) < 4.78 is 31.4. The molecule has 2 N–H and O–H groups in total. The molecule has 0 amide bonds. The Kier molecular flexibility index (Phi) is 14.3. The second-order valence-corrected chi connectivity index (χ2v) is 12.1. The van der Waals surface area contributed by atoms with Crippen LogP contribution < -0.4 is 0 Å². The number of aliphatic hydroxyl groups is 1. The molecule has 3 atom stereocenters. The third kappa shape index (κ3) is 11.5. The van der Waals surface area contributed by atoms with E-state index in [1.807, 2.05) is 152 Å². The molecule has 0 saturated carbocycles. The summed E-state index contributed by atoms with van der Waals surface area (Å²) in [6, 6.07) is 47.4. The number of carboxylic acids is 1. The second kappa shape index (κ2) is 19.5. The largest absolute Gasteiger partial charge is 0.479 e. The molecule has 50 heavy (non-hydrogen) atoms. The summed E-state index contributed by atoms with van der Waals surface area (Å²) in [5.41, 5.74) is 2.37. The molecule has 0 unspecified atom stereocenters. The van der Waals surface area contributed by atoms with Crippen molar-refractivity contribution < 1.29 is 38.7 Å². The first-order chi connectivity index (χ1) is 24.5. The van der Waals surface area contributed by atoms with Gasteiger partial charge < -0.3 is 33.9 Å². The summed E-state index contributed by atoms with van der Waals surface area (Å²) in [6.07, 6.45) is -4.12. The Morgan fingerprint density at radius 3 is 1.16 bits per heavy atom. The molecule has 260 valence electrons. The van der Waals surface area contributed by atoms with Crippen LogP contribution in [-0.2, 0) is 61.5 Å². The van der Waals surface area contributed by atoms with Gasteiger partial charge in [-0.15, -0.1) is 0 Å². The van der Waals surface area contributed by atoms with Gasteiger partial charge in [-0.2, -0.15) is 0 Å². The van der Waals surface area contributed by atoms with E-state index in [9.17, 15) is 15.0 Å². The van der Waals surface area contributed by atoms with Crippen LogP contribution in [0.4, 0.5) is 0 Å². The van der Waals surface area contributed by atoms with E-state index in [-0.39, 0.29) is 46.2 Å². The molecular weight excluding hydrogens is 632 g/mol. The summed E-state index contributed by atoms with van der Waals surface area (Å²) in [4.78, 5) is 13.1. The quantitative estimate of drug-likeness (QED) is 0.0858. The second-order valence-electron chi connectivity index (χ2n) is 12.1. The predicted molar refractivity (Wildman–Crippen MR) is 190 cm³/mol. The van der Waals surface area contributed by atoms with Gasteiger partial charge in [-0.25, -0.2) is 4.79 Å². The van der Waals surface area contributed by atoms with E-state index < -0.39 is 29.9 Å². The summed E-state index contributed by atoms with van der Waals surface area (Å²) in [6.45, 7) is 0.0221. The highest BCUT2D eigenvalue weighted by atomic mass is 16.6. The molecule has 0 heterocycles. The van der Waals surface area contributed by atoms with Gasteiger partial charge in [0.25, 0.3) is 0 Å². The van der Waals surface area contributed by atoms with Gasteiger partial charge in [0.05, 0.1) is 46.2 Å². The zero-order chi connectivity index (χ0) is 34.9. The molecule has 0 spiro atoms. The van der Waals surface area contributed by atoms with Gasteiger partial charge in [0.15, 0.2) is 6.10 Å². The van der Waals surface area contributed by atoms with Gasteiger partial charge in [-0.05, 0) is 27.8 Å². The molecule has 0 fully saturated rings. The minimum absolute atomic E-state index is 0.00184. The highest BCUT2D eigenvalue weighted by molar-refractivity contribution is 5.73. The number of hydrogen-bond acceptors (Lipinski definition) is 7. The summed E-state index contributed by atoms with van der Waals surface area (Å²) in [5, 5.41) is 23.3. The van der Waals surface area contributed by atoms with Gasteiger partial charge in [0.2, 0.25) is 0 Å². The maximum absolute atomic E-state index is 13.1. The molecule has 0 aliphatic carbocycles. The zero-order valence-electron chi connectivity index (χ0n) is 28.0. The molecule has 0 aliphatic rings. The van der Waals surface area contributed by atoms with Crippen molar-refractivity contribution in [3.63, 3.8) is 0 Å². The van der Waals surface area contributed by atoms with Crippen molar-refractivity contribution in [1.82, 2.24) is 0 Å². The normalized spacial score (nSPS) is 13.4. The monoisotopic (exact) mass is 676 g/mol. The van der Waals surface area contributed by atoms with Gasteiger partial charge in [-0.3, -0.25) is 0 Å². The molecule has 0 aromatic heterocycles. The fourth-order valence-electron chi connectivity index (χ4n) is 5.53. The SMILES string of the molecule is O=C(O)[C@H](OCc1ccccc1)[C@@H](OCc1ccccc1)[C@H](OCc1ccccc1)C(O)(COCc1ccccc1)COCc1ccccc1. The highest BCUT2D eigenvalue weighted by Crippen LogP contribution is 2.28. The first-order valence-corrected chi connectivity index (χ1v) is 16.7. The maximum atomic E-state index is 13.1. The van der Waals surface area contributed by atoms with E-state index in [0.29, 0.717) is 0 Å². The van der Waals surface area contributed by atoms with Gasteiger partial charge in [0, 0.05) is 0 Å². The van der Waals surface area contributed by atoms with E-state index in [4.69, 9.17) is 23.7 Å². The number of hydrogen-bond donors (Lipinski definition) is 2. The van der Waals surface area contributed by atoms with Crippen molar-refractivity contribution in [2.45, 2.75) is 56.9 Å². The number of carboxylic acid groups (broad SMARTS) is 1. The third-order valence-corrected chi connectivity index (χ3v) is 8.13. The first kappa shape index (κ1) is 36.6. The van der Waals surface area contributed by atoms with Gasteiger partial charge in [-0.1, -0.05) is 152 Å². The van der Waals surface area contributed by atoms with Crippen LogP contribution in [0.25, 0.3) is 0 Å². The smallest absolute Gasteiger partial charge is 0.335 e. The maximum Gasteiger partial charge on any atom is 0.335 e. The van der Waals surface area contributed by atoms with Crippen LogP contribution in [0.1, 0.15) is 27.8 Å². The standard InChI is InChI=1S/C42H44O8/c43-41(44)39(49-29-36-22-12-4-13-23-36)38(48-28-35-20-10-3-11-21-35)40(50-30-37-24-14-5-15-25-37)42(45,31-46-26-33-16-6-1-7-17-33)32-47-27-34-18-8-2-9-19-34/h1-25,38-40,45H,26-32H2,(H,43,44)/t38-,39-,40+/m1/s1. The number of aliphatic carboxylic acids is 1. The van der Waals surface area contributed by atoms with Crippen molar-refractivity contribution in [1.29, 1.82) is 0 Å². The Labute approximate surface area is 293 Å². The van der Waals surface area contributed by atoms with Crippen molar-refractivity contribution in [3.05, 3.63) is 179 Å². The predicted octanol–water partition coefficient (Wildman–Crippen LogP) is 6.99. The number of rotatable bonds is 21. The number of ether oxygens (including phenoxy) is 5. The lowest BCUT2D eigenvalue weighted by Crippen LogP contribution is -2.61. The molecule has 0 aliphatic heterocycles. The van der Waals surface area contributed by atoms with Crippen molar-refractivity contribution in [2.24, 2.45) is 0 Å². The van der Waals surface area contributed by atoms with Crippen LogP contribution in [-0.4, -0.2) is 53.3 Å². The minimum Gasteiger partial charge on any atom is -0.479 e. The molecule has 8 heteroatoms. The Balaban J connectivity index is 1.50. The van der Waals surface area contributed by atoms with Gasteiger partial charge in [0.1, 0.15) is 17.8 Å². The zero-order valence-corrected chi connectivity index (χ0v) is 28.0. The Morgan fingerprint density at radius 1 is 0.480 bits per heavy atom. The average Bonchev–Trinajstić information content (AvgIpc) is 3.15. The molecule has 0 radical (unpaired) electrons.